The number of para-hydroxylation sites is 1. The second-order valence-electron chi connectivity index (χ2n) is 13.8. The van der Waals surface area contributed by atoms with Crippen molar-refractivity contribution in [3.8, 4) is 22.3 Å². The number of furan rings is 1. The Hall–Kier alpha value is -6.12. The van der Waals surface area contributed by atoms with E-state index in [-0.39, 0.29) is 5.41 Å². The molecule has 0 unspecified atom stereocenters. The summed E-state index contributed by atoms with van der Waals surface area (Å²) in [4.78, 5) is 2.42. The largest absolute Gasteiger partial charge is 0.456 e. The van der Waals surface area contributed by atoms with Crippen molar-refractivity contribution in [3.05, 3.63) is 175 Å². The number of rotatable bonds is 4. The van der Waals surface area contributed by atoms with Crippen LogP contribution in [0.5, 0.6) is 0 Å². The number of hydrogen-bond acceptors (Lipinski definition) is 2. The molecule has 0 saturated heterocycles. The molecule has 9 aromatic rings. The van der Waals surface area contributed by atoms with Gasteiger partial charge in [0.15, 0.2) is 0 Å². The van der Waals surface area contributed by atoms with Crippen LogP contribution < -0.4 is 4.90 Å². The number of hydrogen-bond donors (Lipinski definition) is 0. The lowest BCUT2D eigenvalue weighted by Gasteiger charge is -2.29. The third-order valence-electron chi connectivity index (χ3n) is 10.6. The van der Waals surface area contributed by atoms with E-state index in [0.29, 0.717) is 0 Å². The van der Waals surface area contributed by atoms with E-state index < -0.39 is 0 Å². The molecule has 0 aliphatic heterocycles. The standard InChI is InChI=1S/C47H33NO/c1-47(2)41-14-7-5-12-38(41)39-25-24-37(29-42(39)47)48(43-15-9-17-45-46(43)40-13-6-8-16-44(40)49-45)36-23-22-34-27-33(20-21-35(34)28-36)32-19-18-30-10-3-4-11-31(30)26-32/h3-29H,1-2H3. The zero-order valence-electron chi connectivity index (χ0n) is 27.4. The second-order valence-corrected chi connectivity index (χ2v) is 13.8. The van der Waals surface area contributed by atoms with Crippen molar-refractivity contribution in [2.75, 3.05) is 4.90 Å². The summed E-state index contributed by atoms with van der Waals surface area (Å²) in [7, 11) is 0. The van der Waals surface area contributed by atoms with Crippen LogP contribution in [0.4, 0.5) is 17.1 Å². The molecule has 1 heterocycles. The molecule has 0 atom stereocenters. The smallest absolute Gasteiger partial charge is 0.137 e. The van der Waals surface area contributed by atoms with E-state index in [4.69, 9.17) is 4.42 Å². The van der Waals surface area contributed by atoms with E-state index in [1.165, 1.54) is 54.9 Å². The molecular formula is C47H33NO. The monoisotopic (exact) mass is 627 g/mol. The predicted octanol–water partition coefficient (Wildman–Crippen LogP) is 13.3. The van der Waals surface area contributed by atoms with Crippen LogP contribution in [-0.2, 0) is 5.41 Å². The van der Waals surface area contributed by atoms with E-state index in [0.717, 1.165) is 39.0 Å². The van der Waals surface area contributed by atoms with Gasteiger partial charge in [-0.15, -0.1) is 0 Å². The Kier molecular flexibility index (Phi) is 5.95. The Morgan fingerprint density at radius 1 is 0.449 bits per heavy atom. The summed E-state index contributed by atoms with van der Waals surface area (Å²) in [6, 6.07) is 59.6. The first-order valence-electron chi connectivity index (χ1n) is 17.0. The quantitative estimate of drug-likeness (QED) is 0.193. The molecule has 0 radical (unpaired) electrons. The third kappa shape index (κ3) is 4.27. The average Bonchev–Trinajstić information content (AvgIpc) is 3.64. The normalized spacial score (nSPS) is 13.3. The van der Waals surface area contributed by atoms with E-state index in [1.807, 2.05) is 6.07 Å². The van der Waals surface area contributed by atoms with Crippen LogP contribution in [0.25, 0.3) is 65.7 Å². The number of benzene rings is 8. The molecule has 2 heteroatoms. The Bertz CT molecular complexity index is 2770. The number of fused-ring (bicyclic) bond motifs is 8. The van der Waals surface area contributed by atoms with Gasteiger partial charge in [-0.3, -0.25) is 0 Å². The van der Waals surface area contributed by atoms with Gasteiger partial charge in [-0.1, -0.05) is 123 Å². The predicted molar refractivity (Wildman–Crippen MR) is 206 cm³/mol. The van der Waals surface area contributed by atoms with Crippen molar-refractivity contribution in [3.63, 3.8) is 0 Å². The fraction of sp³-hybridized carbons (Fsp3) is 0.0638. The van der Waals surface area contributed by atoms with E-state index >= 15 is 0 Å². The lowest BCUT2D eigenvalue weighted by atomic mass is 9.82. The second kappa shape index (κ2) is 10.4. The fourth-order valence-corrected chi connectivity index (χ4v) is 8.12. The first-order chi connectivity index (χ1) is 24.0. The van der Waals surface area contributed by atoms with Gasteiger partial charge in [0.25, 0.3) is 0 Å². The van der Waals surface area contributed by atoms with Gasteiger partial charge >= 0.3 is 0 Å². The maximum Gasteiger partial charge on any atom is 0.137 e. The molecule has 0 amide bonds. The highest BCUT2D eigenvalue weighted by Gasteiger charge is 2.36. The van der Waals surface area contributed by atoms with Crippen molar-refractivity contribution in [2.24, 2.45) is 0 Å². The minimum absolute atomic E-state index is 0.107. The molecule has 0 N–H and O–H groups in total. The summed E-state index contributed by atoms with van der Waals surface area (Å²) in [5.41, 5.74) is 12.8. The van der Waals surface area contributed by atoms with Gasteiger partial charge in [0.05, 0.1) is 11.1 Å². The van der Waals surface area contributed by atoms with Crippen molar-refractivity contribution in [2.45, 2.75) is 19.3 Å². The molecule has 1 aliphatic carbocycles. The molecule has 8 aromatic carbocycles. The minimum Gasteiger partial charge on any atom is -0.456 e. The summed E-state index contributed by atoms with van der Waals surface area (Å²) in [5, 5.41) is 7.17. The van der Waals surface area contributed by atoms with Gasteiger partial charge in [-0.2, -0.15) is 0 Å². The number of nitrogens with zero attached hydrogens (tertiary/aromatic N) is 1. The molecule has 49 heavy (non-hydrogen) atoms. The van der Waals surface area contributed by atoms with Gasteiger partial charge < -0.3 is 9.32 Å². The molecule has 0 bridgehead atoms. The maximum absolute atomic E-state index is 6.39. The van der Waals surface area contributed by atoms with Crippen LogP contribution in [0.15, 0.2) is 168 Å². The molecule has 232 valence electrons. The minimum atomic E-state index is -0.107. The van der Waals surface area contributed by atoms with E-state index in [2.05, 4.69) is 176 Å². The Morgan fingerprint density at radius 2 is 1.06 bits per heavy atom. The Labute approximate surface area is 285 Å². The van der Waals surface area contributed by atoms with Crippen molar-refractivity contribution in [1.82, 2.24) is 0 Å². The van der Waals surface area contributed by atoms with Gasteiger partial charge in [0.2, 0.25) is 0 Å². The van der Waals surface area contributed by atoms with Crippen LogP contribution in [0, 0.1) is 0 Å². The molecule has 2 nitrogen and oxygen atoms in total. The molecule has 10 rings (SSSR count). The highest BCUT2D eigenvalue weighted by atomic mass is 16.3. The Morgan fingerprint density at radius 3 is 1.94 bits per heavy atom. The summed E-state index contributed by atoms with van der Waals surface area (Å²) in [5.74, 6) is 0. The average molecular weight is 628 g/mol. The molecule has 1 aliphatic rings. The zero-order chi connectivity index (χ0) is 32.7. The first kappa shape index (κ1) is 27.9. The van der Waals surface area contributed by atoms with Gasteiger partial charge in [-0.25, -0.2) is 0 Å². The summed E-state index contributed by atoms with van der Waals surface area (Å²) in [6.45, 7) is 4.69. The van der Waals surface area contributed by atoms with E-state index in [9.17, 15) is 0 Å². The SMILES string of the molecule is CC1(C)c2ccccc2-c2ccc(N(c3ccc4cc(-c5ccc6ccccc6c5)ccc4c3)c3cccc4oc5ccccc5c34)cc21. The van der Waals surface area contributed by atoms with Crippen molar-refractivity contribution < 1.29 is 4.42 Å². The van der Waals surface area contributed by atoms with Gasteiger partial charge in [0.1, 0.15) is 11.2 Å². The molecule has 1 aromatic heterocycles. The van der Waals surface area contributed by atoms with Crippen LogP contribution in [0.2, 0.25) is 0 Å². The van der Waals surface area contributed by atoms with Crippen molar-refractivity contribution in [1.29, 1.82) is 0 Å². The summed E-state index contributed by atoms with van der Waals surface area (Å²) < 4.78 is 6.39. The van der Waals surface area contributed by atoms with E-state index in [1.54, 1.807) is 0 Å². The lowest BCUT2D eigenvalue weighted by molar-refractivity contribution is 0.660. The summed E-state index contributed by atoms with van der Waals surface area (Å²) >= 11 is 0. The molecule has 0 fully saturated rings. The maximum atomic E-state index is 6.39. The summed E-state index contributed by atoms with van der Waals surface area (Å²) in [6.07, 6.45) is 0. The Balaban J connectivity index is 1.16. The van der Waals surface area contributed by atoms with Crippen LogP contribution in [0.3, 0.4) is 0 Å². The lowest BCUT2D eigenvalue weighted by Crippen LogP contribution is -2.16. The van der Waals surface area contributed by atoms with Crippen LogP contribution >= 0.6 is 0 Å². The number of anilines is 3. The highest BCUT2D eigenvalue weighted by molar-refractivity contribution is 6.13. The zero-order valence-corrected chi connectivity index (χ0v) is 27.4. The molecule has 0 spiro atoms. The van der Waals surface area contributed by atoms with Crippen molar-refractivity contribution >= 4 is 60.5 Å². The van der Waals surface area contributed by atoms with Gasteiger partial charge in [-0.05, 0) is 110 Å². The topological polar surface area (TPSA) is 16.4 Å². The molecule has 0 saturated carbocycles. The molecular weight excluding hydrogens is 595 g/mol. The fourth-order valence-electron chi connectivity index (χ4n) is 8.12. The van der Waals surface area contributed by atoms with Crippen LogP contribution in [0.1, 0.15) is 25.0 Å². The highest BCUT2D eigenvalue weighted by Crippen LogP contribution is 2.51. The first-order valence-corrected chi connectivity index (χ1v) is 17.0. The van der Waals surface area contributed by atoms with Crippen LogP contribution in [-0.4, -0.2) is 0 Å². The third-order valence-corrected chi connectivity index (χ3v) is 10.6. The van der Waals surface area contributed by atoms with Gasteiger partial charge in [0, 0.05) is 22.2 Å².